The average Bonchev–Trinajstić information content (AvgIpc) is 3.06. The molecule has 1 atom stereocenters. The SMILES string of the molecule is COc1cccc(N2CC(C(=O)NCCn3nc(C)ccc3=O)CC2=O)c1. The summed E-state index contributed by atoms with van der Waals surface area (Å²) in [6.07, 6.45) is 0.158. The summed E-state index contributed by atoms with van der Waals surface area (Å²) in [5.74, 6) is -0.0652. The van der Waals surface area contributed by atoms with Gasteiger partial charge in [-0.3, -0.25) is 14.4 Å². The van der Waals surface area contributed by atoms with Crippen molar-refractivity contribution < 1.29 is 14.3 Å². The molecule has 8 nitrogen and oxygen atoms in total. The molecule has 0 aliphatic carbocycles. The molecular formula is C19H22N4O4. The zero-order valence-electron chi connectivity index (χ0n) is 15.3. The number of ether oxygens (including phenoxy) is 1. The van der Waals surface area contributed by atoms with Crippen molar-refractivity contribution in [3.63, 3.8) is 0 Å². The summed E-state index contributed by atoms with van der Waals surface area (Å²) >= 11 is 0. The van der Waals surface area contributed by atoms with Gasteiger partial charge >= 0.3 is 0 Å². The van der Waals surface area contributed by atoms with Crippen LogP contribution in [0.2, 0.25) is 0 Å². The highest BCUT2D eigenvalue weighted by Crippen LogP contribution is 2.27. The van der Waals surface area contributed by atoms with E-state index in [0.29, 0.717) is 18.0 Å². The number of hydrogen-bond acceptors (Lipinski definition) is 5. The number of aryl methyl sites for hydroxylation is 1. The first-order valence-electron chi connectivity index (χ1n) is 8.75. The highest BCUT2D eigenvalue weighted by molar-refractivity contribution is 6.00. The van der Waals surface area contributed by atoms with Crippen molar-refractivity contribution in [2.45, 2.75) is 19.9 Å². The largest absolute Gasteiger partial charge is 0.497 e. The van der Waals surface area contributed by atoms with Gasteiger partial charge in [-0.2, -0.15) is 5.10 Å². The number of carbonyl (C=O) groups excluding carboxylic acids is 2. The topological polar surface area (TPSA) is 93.5 Å². The number of aromatic nitrogens is 2. The zero-order chi connectivity index (χ0) is 19.4. The highest BCUT2D eigenvalue weighted by atomic mass is 16.5. The summed E-state index contributed by atoms with van der Waals surface area (Å²) in [6.45, 7) is 2.68. The quantitative estimate of drug-likeness (QED) is 0.809. The van der Waals surface area contributed by atoms with Gasteiger partial charge in [0.2, 0.25) is 11.8 Å². The van der Waals surface area contributed by atoms with Crippen LogP contribution in [0.1, 0.15) is 12.1 Å². The second-order valence-electron chi connectivity index (χ2n) is 6.43. The maximum absolute atomic E-state index is 12.4. The summed E-state index contributed by atoms with van der Waals surface area (Å²) < 4.78 is 6.50. The number of nitrogens with one attached hydrogen (secondary N) is 1. The Balaban J connectivity index is 1.57. The summed E-state index contributed by atoms with van der Waals surface area (Å²) in [7, 11) is 1.57. The van der Waals surface area contributed by atoms with Crippen molar-refractivity contribution in [3.05, 3.63) is 52.4 Å². The molecule has 2 aromatic rings. The Morgan fingerprint density at radius 3 is 2.89 bits per heavy atom. The molecule has 1 saturated heterocycles. The van der Waals surface area contributed by atoms with Gasteiger partial charge in [0.05, 0.1) is 25.3 Å². The van der Waals surface area contributed by atoms with Gasteiger partial charge in [-0.05, 0) is 25.1 Å². The fourth-order valence-corrected chi connectivity index (χ4v) is 3.05. The van der Waals surface area contributed by atoms with Crippen LogP contribution in [0.15, 0.2) is 41.2 Å². The van der Waals surface area contributed by atoms with E-state index in [9.17, 15) is 14.4 Å². The third-order valence-electron chi connectivity index (χ3n) is 4.48. The molecule has 1 aromatic carbocycles. The minimum atomic E-state index is -0.425. The Hall–Kier alpha value is -3.16. The van der Waals surface area contributed by atoms with Gasteiger partial charge in [0.1, 0.15) is 5.75 Å². The molecule has 1 aliphatic rings. The summed E-state index contributed by atoms with van der Waals surface area (Å²) in [5, 5.41) is 6.92. The van der Waals surface area contributed by atoms with Crippen LogP contribution in [0.4, 0.5) is 5.69 Å². The van der Waals surface area contributed by atoms with Crippen molar-refractivity contribution in [2.24, 2.45) is 5.92 Å². The van der Waals surface area contributed by atoms with Gasteiger partial charge in [-0.25, -0.2) is 4.68 Å². The van der Waals surface area contributed by atoms with Crippen LogP contribution < -0.4 is 20.5 Å². The number of anilines is 1. The molecule has 0 bridgehead atoms. The zero-order valence-corrected chi connectivity index (χ0v) is 15.3. The van der Waals surface area contributed by atoms with E-state index < -0.39 is 5.92 Å². The number of benzene rings is 1. The summed E-state index contributed by atoms with van der Waals surface area (Å²) in [5.41, 5.74) is 1.23. The Morgan fingerprint density at radius 2 is 2.11 bits per heavy atom. The fourth-order valence-electron chi connectivity index (χ4n) is 3.05. The van der Waals surface area contributed by atoms with E-state index in [2.05, 4.69) is 10.4 Å². The van der Waals surface area contributed by atoms with Crippen LogP contribution in [0.25, 0.3) is 0 Å². The molecule has 0 spiro atoms. The average molecular weight is 370 g/mol. The molecule has 2 amide bonds. The highest BCUT2D eigenvalue weighted by Gasteiger charge is 2.35. The molecule has 8 heteroatoms. The van der Waals surface area contributed by atoms with Crippen molar-refractivity contribution in [2.75, 3.05) is 25.1 Å². The van der Waals surface area contributed by atoms with Gasteiger partial charge in [0, 0.05) is 37.3 Å². The third kappa shape index (κ3) is 4.33. The summed E-state index contributed by atoms with van der Waals surface area (Å²) in [4.78, 5) is 38.0. The molecule has 1 fully saturated rings. The first-order valence-corrected chi connectivity index (χ1v) is 8.75. The Bertz CT molecular complexity index is 909. The van der Waals surface area contributed by atoms with Gasteiger partial charge in [-0.1, -0.05) is 6.07 Å². The molecule has 1 unspecified atom stereocenters. The lowest BCUT2D eigenvalue weighted by Crippen LogP contribution is -2.36. The van der Waals surface area contributed by atoms with Crippen LogP contribution in [0.3, 0.4) is 0 Å². The van der Waals surface area contributed by atoms with Gasteiger partial charge < -0.3 is 15.0 Å². The molecule has 1 N–H and O–H groups in total. The molecule has 27 heavy (non-hydrogen) atoms. The molecule has 1 aromatic heterocycles. The van der Waals surface area contributed by atoms with E-state index in [1.54, 1.807) is 43.2 Å². The lowest BCUT2D eigenvalue weighted by molar-refractivity contribution is -0.126. The maximum atomic E-state index is 12.4. The van der Waals surface area contributed by atoms with E-state index in [4.69, 9.17) is 4.74 Å². The number of rotatable bonds is 6. The predicted octanol–water partition coefficient (Wildman–Crippen LogP) is 0.730. The number of nitrogens with zero attached hydrogens (tertiary/aromatic N) is 3. The van der Waals surface area contributed by atoms with Gasteiger partial charge in [-0.15, -0.1) is 0 Å². The molecule has 3 rings (SSSR count). The molecule has 142 valence electrons. The lowest BCUT2D eigenvalue weighted by Gasteiger charge is -2.17. The number of hydrogen-bond donors (Lipinski definition) is 1. The standard InChI is InChI=1S/C19H22N4O4/c1-13-6-7-17(24)23(21-13)9-8-20-19(26)14-10-18(25)22(12-14)15-4-3-5-16(11-15)27-2/h3-7,11,14H,8-10,12H2,1-2H3,(H,20,26). The van der Waals surface area contributed by atoms with E-state index in [0.717, 1.165) is 5.69 Å². The van der Waals surface area contributed by atoms with Crippen molar-refractivity contribution in [1.82, 2.24) is 15.1 Å². The first kappa shape index (κ1) is 18.6. The predicted molar refractivity (Wildman–Crippen MR) is 99.7 cm³/mol. The van der Waals surface area contributed by atoms with Crippen molar-refractivity contribution in [3.8, 4) is 5.75 Å². The van der Waals surface area contributed by atoms with E-state index in [-0.39, 0.29) is 36.9 Å². The van der Waals surface area contributed by atoms with Crippen LogP contribution in [0.5, 0.6) is 5.75 Å². The van der Waals surface area contributed by atoms with Crippen LogP contribution >= 0.6 is 0 Å². The third-order valence-corrected chi connectivity index (χ3v) is 4.48. The monoisotopic (exact) mass is 370 g/mol. The van der Waals surface area contributed by atoms with Crippen LogP contribution in [0, 0.1) is 12.8 Å². The smallest absolute Gasteiger partial charge is 0.266 e. The second kappa shape index (κ2) is 8.03. The number of amides is 2. The van der Waals surface area contributed by atoms with Crippen molar-refractivity contribution in [1.29, 1.82) is 0 Å². The Labute approximate surface area is 156 Å². The van der Waals surface area contributed by atoms with Crippen LogP contribution in [-0.2, 0) is 16.1 Å². The fraction of sp³-hybridized carbons (Fsp3) is 0.368. The first-order chi connectivity index (χ1) is 13.0. The maximum Gasteiger partial charge on any atom is 0.266 e. The lowest BCUT2D eigenvalue weighted by atomic mass is 10.1. The number of carbonyl (C=O) groups is 2. The van der Waals surface area contributed by atoms with E-state index in [1.807, 2.05) is 6.07 Å². The molecule has 0 radical (unpaired) electrons. The van der Waals surface area contributed by atoms with Gasteiger partial charge in [0.25, 0.3) is 5.56 Å². The molecule has 0 saturated carbocycles. The summed E-state index contributed by atoms with van der Waals surface area (Å²) in [6, 6.07) is 10.3. The van der Waals surface area contributed by atoms with Crippen molar-refractivity contribution >= 4 is 17.5 Å². The van der Waals surface area contributed by atoms with E-state index >= 15 is 0 Å². The molecule has 2 heterocycles. The second-order valence-corrected chi connectivity index (χ2v) is 6.43. The minimum absolute atomic E-state index is 0.0972. The molecule has 1 aliphatic heterocycles. The molecular weight excluding hydrogens is 348 g/mol. The number of methoxy groups -OCH3 is 1. The Morgan fingerprint density at radius 1 is 1.30 bits per heavy atom. The minimum Gasteiger partial charge on any atom is -0.497 e. The van der Waals surface area contributed by atoms with E-state index in [1.165, 1.54) is 10.7 Å². The van der Waals surface area contributed by atoms with Crippen LogP contribution in [-0.4, -0.2) is 41.8 Å². The normalized spacial score (nSPS) is 16.4. The van der Waals surface area contributed by atoms with Gasteiger partial charge in [0.15, 0.2) is 0 Å². The Kier molecular flexibility index (Phi) is 5.54.